The van der Waals surface area contributed by atoms with Crippen molar-refractivity contribution in [1.82, 2.24) is 0 Å². The van der Waals surface area contributed by atoms with E-state index in [2.05, 4.69) is 6.92 Å². The van der Waals surface area contributed by atoms with Gasteiger partial charge < -0.3 is 5.11 Å². The van der Waals surface area contributed by atoms with Crippen molar-refractivity contribution >= 4 is 11.6 Å². The molecule has 0 bridgehead atoms. The second-order valence-corrected chi connectivity index (χ2v) is 2.60. The second-order valence-electron chi connectivity index (χ2n) is 2.29. The van der Waals surface area contributed by atoms with Gasteiger partial charge in [0.1, 0.15) is 0 Å². The van der Waals surface area contributed by atoms with E-state index in [0.29, 0.717) is 5.88 Å². The van der Waals surface area contributed by atoms with E-state index in [1.165, 1.54) is 12.8 Å². The molecule has 1 atom stereocenters. The molecular formula is C8H15ClO. The zero-order chi connectivity index (χ0) is 7.82. The average molecular weight is 163 g/mol. The maximum Gasteiger partial charge on any atom is 0.0856 e. The molecule has 0 aliphatic carbocycles. The first kappa shape index (κ1) is 9.99. The highest BCUT2D eigenvalue weighted by molar-refractivity contribution is 6.18. The smallest absolute Gasteiger partial charge is 0.0856 e. The van der Waals surface area contributed by atoms with Gasteiger partial charge in [-0.25, -0.2) is 0 Å². The first-order valence-corrected chi connectivity index (χ1v) is 4.25. The predicted molar refractivity (Wildman–Crippen MR) is 45.4 cm³/mol. The van der Waals surface area contributed by atoms with Gasteiger partial charge in [0.2, 0.25) is 0 Å². The molecule has 10 heavy (non-hydrogen) atoms. The van der Waals surface area contributed by atoms with E-state index in [1.54, 1.807) is 6.08 Å². The topological polar surface area (TPSA) is 20.2 Å². The summed E-state index contributed by atoms with van der Waals surface area (Å²) in [6.45, 7) is 2.14. The van der Waals surface area contributed by atoms with E-state index in [-0.39, 0.29) is 0 Å². The fourth-order valence-electron chi connectivity index (χ4n) is 0.627. The SMILES string of the molecule is CCCC/C=C/C(O)CCl. The summed E-state index contributed by atoms with van der Waals surface area (Å²) in [4.78, 5) is 0. The summed E-state index contributed by atoms with van der Waals surface area (Å²) < 4.78 is 0. The Morgan fingerprint density at radius 1 is 1.60 bits per heavy atom. The Labute approximate surface area is 67.7 Å². The molecule has 0 saturated heterocycles. The van der Waals surface area contributed by atoms with Crippen molar-refractivity contribution in [3.05, 3.63) is 12.2 Å². The van der Waals surface area contributed by atoms with Crippen LogP contribution in [0.2, 0.25) is 0 Å². The molecule has 0 rings (SSSR count). The van der Waals surface area contributed by atoms with Gasteiger partial charge in [-0.05, 0) is 6.42 Å². The molecule has 0 spiro atoms. The van der Waals surface area contributed by atoms with Gasteiger partial charge in [0.15, 0.2) is 0 Å². The standard InChI is InChI=1S/C8H15ClO/c1-2-3-4-5-6-8(10)7-9/h5-6,8,10H,2-4,7H2,1H3/b6-5+. The zero-order valence-electron chi connectivity index (χ0n) is 6.39. The number of alkyl halides is 1. The summed E-state index contributed by atoms with van der Waals surface area (Å²) in [5.41, 5.74) is 0. The van der Waals surface area contributed by atoms with Crippen LogP contribution in [-0.2, 0) is 0 Å². The molecule has 60 valence electrons. The van der Waals surface area contributed by atoms with Crippen LogP contribution in [0.4, 0.5) is 0 Å². The normalized spacial score (nSPS) is 14.3. The largest absolute Gasteiger partial charge is 0.388 e. The van der Waals surface area contributed by atoms with Crippen LogP contribution in [0.15, 0.2) is 12.2 Å². The highest BCUT2D eigenvalue weighted by Gasteiger charge is 1.91. The number of allylic oxidation sites excluding steroid dienone is 1. The van der Waals surface area contributed by atoms with Crippen molar-refractivity contribution in [2.24, 2.45) is 0 Å². The molecule has 0 aromatic rings. The van der Waals surface area contributed by atoms with Crippen LogP contribution in [0.3, 0.4) is 0 Å². The van der Waals surface area contributed by atoms with E-state index < -0.39 is 6.10 Å². The van der Waals surface area contributed by atoms with Crippen molar-refractivity contribution in [2.75, 3.05) is 5.88 Å². The molecule has 0 aliphatic heterocycles. The quantitative estimate of drug-likeness (QED) is 0.374. The van der Waals surface area contributed by atoms with E-state index in [9.17, 15) is 0 Å². The minimum Gasteiger partial charge on any atom is -0.388 e. The second kappa shape index (κ2) is 7.10. The molecule has 1 unspecified atom stereocenters. The van der Waals surface area contributed by atoms with Gasteiger partial charge in [-0.3, -0.25) is 0 Å². The van der Waals surface area contributed by atoms with E-state index >= 15 is 0 Å². The Balaban J connectivity index is 3.18. The van der Waals surface area contributed by atoms with Crippen LogP contribution in [0.25, 0.3) is 0 Å². The number of hydrogen-bond donors (Lipinski definition) is 1. The lowest BCUT2D eigenvalue weighted by atomic mass is 10.2. The average Bonchev–Trinajstić information content (AvgIpc) is 1.98. The lowest BCUT2D eigenvalue weighted by molar-refractivity contribution is 0.247. The van der Waals surface area contributed by atoms with Crippen molar-refractivity contribution in [2.45, 2.75) is 32.3 Å². The number of aliphatic hydroxyl groups excluding tert-OH is 1. The third-order valence-corrected chi connectivity index (χ3v) is 1.56. The highest BCUT2D eigenvalue weighted by Crippen LogP contribution is 1.97. The van der Waals surface area contributed by atoms with E-state index in [0.717, 1.165) is 6.42 Å². The molecule has 0 heterocycles. The van der Waals surface area contributed by atoms with Crippen molar-refractivity contribution < 1.29 is 5.11 Å². The van der Waals surface area contributed by atoms with E-state index in [4.69, 9.17) is 16.7 Å². The van der Waals surface area contributed by atoms with Crippen molar-refractivity contribution in [3.63, 3.8) is 0 Å². The van der Waals surface area contributed by atoms with Crippen LogP contribution in [0.5, 0.6) is 0 Å². The minimum atomic E-state index is -0.460. The summed E-state index contributed by atoms with van der Waals surface area (Å²) in [7, 11) is 0. The first-order valence-electron chi connectivity index (χ1n) is 3.72. The van der Waals surface area contributed by atoms with Crippen LogP contribution in [0, 0.1) is 0 Å². The summed E-state index contributed by atoms with van der Waals surface area (Å²) in [5.74, 6) is 0.294. The summed E-state index contributed by atoms with van der Waals surface area (Å²) in [6.07, 6.45) is 6.70. The van der Waals surface area contributed by atoms with Gasteiger partial charge in [0.25, 0.3) is 0 Å². The molecular weight excluding hydrogens is 148 g/mol. The monoisotopic (exact) mass is 162 g/mol. The third kappa shape index (κ3) is 6.12. The number of rotatable bonds is 5. The molecule has 0 aromatic heterocycles. The Bertz CT molecular complexity index is 91.3. The number of hydrogen-bond acceptors (Lipinski definition) is 1. The number of aliphatic hydroxyl groups is 1. The van der Waals surface area contributed by atoms with Gasteiger partial charge in [0.05, 0.1) is 12.0 Å². The molecule has 0 saturated carbocycles. The van der Waals surface area contributed by atoms with Gasteiger partial charge in [-0.15, -0.1) is 11.6 Å². The van der Waals surface area contributed by atoms with Gasteiger partial charge in [-0.2, -0.15) is 0 Å². The molecule has 1 N–H and O–H groups in total. The van der Waals surface area contributed by atoms with Gasteiger partial charge in [0, 0.05) is 0 Å². The van der Waals surface area contributed by atoms with E-state index in [1.807, 2.05) is 6.08 Å². The maximum atomic E-state index is 8.94. The van der Waals surface area contributed by atoms with Crippen LogP contribution >= 0.6 is 11.6 Å². The minimum absolute atomic E-state index is 0.294. The molecule has 0 fully saturated rings. The number of halogens is 1. The summed E-state index contributed by atoms with van der Waals surface area (Å²) >= 11 is 5.36. The lowest BCUT2D eigenvalue weighted by Gasteiger charge is -1.96. The Hall–Kier alpha value is -0.0100. The molecule has 0 aliphatic rings. The lowest BCUT2D eigenvalue weighted by Crippen LogP contribution is -2.02. The summed E-state index contributed by atoms with van der Waals surface area (Å²) in [6, 6.07) is 0. The fourth-order valence-corrected chi connectivity index (χ4v) is 0.730. The van der Waals surface area contributed by atoms with Crippen LogP contribution in [-0.4, -0.2) is 17.1 Å². The van der Waals surface area contributed by atoms with Crippen molar-refractivity contribution in [1.29, 1.82) is 0 Å². The summed E-state index contributed by atoms with van der Waals surface area (Å²) in [5, 5.41) is 8.94. The highest BCUT2D eigenvalue weighted by atomic mass is 35.5. The number of unbranched alkanes of at least 4 members (excludes halogenated alkanes) is 2. The predicted octanol–water partition coefficient (Wildman–Crippen LogP) is 2.33. The van der Waals surface area contributed by atoms with Crippen LogP contribution in [0.1, 0.15) is 26.2 Å². The zero-order valence-corrected chi connectivity index (χ0v) is 7.14. The molecule has 2 heteroatoms. The Kier molecular flexibility index (Phi) is 7.09. The Morgan fingerprint density at radius 2 is 2.30 bits per heavy atom. The van der Waals surface area contributed by atoms with Crippen molar-refractivity contribution in [3.8, 4) is 0 Å². The first-order chi connectivity index (χ1) is 4.81. The molecule has 0 aromatic carbocycles. The third-order valence-electron chi connectivity index (χ3n) is 1.24. The molecule has 0 amide bonds. The van der Waals surface area contributed by atoms with Gasteiger partial charge in [-0.1, -0.05) is 31.9 Å². The Morgan fingerprint density at radius 3 is 2.80 bits per heavy atom. The fraction of sp³-hybridized carbons (Fsp3) is 0.750. The molecule has 0 radical (unpaired) electrons. The van der Waals surface area contributed by atoms with Gasteiger partial charge >= 0.3 is 0 Å². The maximum absolute atomic E-state index is 8.94. The van der Waals surface area contributed by atoms with Crippen LogP contribution < -0.4 is 0 Å². The molecule has 1 nitrogen and oxygen atoms in total.